The van der Waals surface area contributed by atoms with E-state index in [2.05, 4.69) is 59.4 Å². The minimum Gasteiger partial charge on any atom is -0.497 e. The van der Waals surface area contributed by atoms with Crippen molar-refractivity contribution >= 4 is 27.7 Å². The number of benzene rings is 2. The van der Waals surface area contributed by atoms with Crippen molar-refractivity contribution in [2.45, 2.75) is 36.2 Å². The van der Waals surface area contributed by atoms with Crippen molar-refractivity contribution in [1.29, 1.82) is 0 Å². The van der Waals surface area contributed by atoms with Crippen LogP contribution in [0.2, 0.25) is 0 Å². The van der Waals surface area contributed by atoms with Crippen molar-refractivity contribution in [2.24, 2.45) is 0 Å². The molecule has 2 rings (SSSR count). The lowest BCUT2D eigenvalue weighted by Crippen LogP contribution is -2.21. The van der Waals surface area contributed by atoms with Crippen LogP contribution in [0, 0.1) is 0 Å². The van der Waals surface area contributed by atoms with Crippen LogP contribution in [0.4, 0.5) is 0 Å². The second-order valence-electron chi connectivity index (χ2n) is 5.07. The topological polar surface area (TPSA) is 21.3 Å². The molecule has 0 atom stereocenters. The fourth-order valence-electron chi connectivity index (χ4n) is 1.85. The summed E-state index contributed by atoms with van der Waals surface area (Å²) < 4.78 is 6.40. The van der Waals surface area contributed by atoms with Gasteiger partial charge >= 0.3 is 0 Å². The monoisotopic (exact) mass is 365 g/mol. The highest BCUT2D eigenvalue weighted by atomic mass is 79.9. The van der Waals surface area contributed by atoms with E-state index in [1.165, 1.54) is 15.4 Å². The summed E-state index contributed by atoms with van der Waals surface area (Å²) in [4.78, 5) is 2.39. The van der Waals surface area contributed by atoms with E-state index in [-0.39, 0.29) is 0 Å². The minimum absolute atomic E-state index is 0.489. The Morgan fingerprint density at radius 1 is 1.14 bits per heavy atom. The van der Waals surface area contributed by atoms with Crippen LogP contribution >= 0.6 is 27.7 Å². The molecule has 2 nitrogen and oxygen atoms in total. The van der Waals surface area contributed by atoms with Crippen LogP contribution in [0.1, 0.15) is 19.4 Å². The quantitative estimate of drug-likeness (QED) is 0.768. The van der Waals surface area contributed by atoms with E-state index in [0.717, 1.165) is 16.8 Å². The van der Waals surface area contributed by atoms with Crippen molar-refractivity contribution in [3.05, 3.63) is 52.5 Å². The lowest BCUT2D eigenvalue weighted by molar-refractivity contribution is 0.413. The summed E-state index contributed by atoms with van der Waals surface area (Å²) in [5.74, 6) is 0.886. The van der Waals surface area contributed by atoms with Crippen molar-refractivity contribution in [2.75, 3.05) is 7.11 Å². The third kappa shape index (κ3) is 5.06. The van der Waals surface area contributed by atoms with Gasteiger partial charge in [0.2, 0.25) is 0 Å². The van der Waals surface area contributed by atoms with Gasteiger partial charge in [-0.3, -0.25) is 0 Å². The number of rotatable bonds is 6. The van der Waals surface area contributed by atoms with Gasteiger partial charge in [0.15, 0.2) is 0 Å². The molecule has 0 spiro atoms. The van der Waals surface area contributed by atoms with E-state index in [9.17, 15) is 0 Å². The molecule has 0 aliphatic heterocycles. The number of hydrogen-bond acceptors (Lipinski definition) is 3. The number of halogens is 1. The summed E-state index contributed by atoms with van der Waals surface area (Å²) >= 11 is 5.39. The highest BCUT2D eigenvalue weighted by molar-refractivity contribution is 9.10. The molecule has 21 heavy (non-hydrogen) atoms. The van der Waals surface area contributed by atoms with Gasteiger partial charge in [-0.2, -0.15) is 0 Å². The average molecular weight is 366 g/mol. The maximum atomic E-state index is 5.26. The summed E-state index contributed by atoms with van der Waals surface area (Å²) in [6.07, 6.45) is 0. The Morgan fingerprint density at radius 3 is 2.57 bits per heavy atom. The Morgan fingerprint density at radius 2 is 1.90 bits per heavy atom. The predicted molar refractivity (Wildman–Crippen MR) is 93.2 cm³/mol. The number of hydrogen-bond donors (Lipinski definition) is 1. The van der Waals surface area contributed by atoms with Gasteiger partial charge < -0.3 is 10.1 Å². The van der Waals surface area contributed by atoms with Crippen molar-refractivity contribution in [1.82, 2.24) is 5.32 Å². The smallest absolute Gasteiger partial charge is 0.119 e. The summed E-state index contributed by atoms with van der Waals surface area (Å²) in [6.45, 7) is 5.18. The van der Waals surface area contributed by atoms with Gasteiger partial charge in [0.1, 0.15) is 5.75 Å². The molecule has 0 bridgehead atoms. The molecule has 0 radical (unpaired) electrons. The SMILES string of the molecule is COc1cccc(Sc2ccc(CNC(C)C)c(Br)c2)c1. The Bertz CT molecular complexity index is 601. The largest absolute Gasteiger partial charge is 0.497 e. The first-order valence-corrected chi connectivity index (χ1v) is 8.53. The number of nitrogens with one attached hydrogen (secondary N) is 1. The molecule has 0 fully saturated rings. The Kier molecular flexibility index (Phi) is 6.15. The lowest BCUT2D eigenvalue weighted by atomic mass is 10.2. The van der Waals surface area contributed by atoms with Gasteiger partial charge in [-0.1, -0.05) is 53.7 Å². The second kappa shape index (κ2) is 7.87. The van der Waals surface area contributed by atoms with E-state index in [1.807, 2.05) is 18.2 Å². The van der Waals surface area contributed by atoms with Gasteiger partial charge in [-0.05, 0) is 35.9 Å². The van der Waals surface area contributed by atoms with E-state index < -0.39 is 0 Å². The van der Waals surface area contributed by atoms with Crippen LogP contribution in [0.5, 0.6) is 5.75 Å². The number of methoxy groups -OCH3 is 1. The first kappa shape index (κ1) is 16.4. The van der Waals surface area contributed by atoms with Gasteiger partial charge in [0, 0.05) is 26.9 Å². The van der Waals surface area contributed by atoms with Crippen molar-refractivity contribution in [3.63, 3.8) is 0 Å². The molecule has 0 aromatic heterocycles. The highest BCUT2D eigenvalue weighted by Gasteiger charge is 2.05. The summed E-state index contributed by atoms with van der Waals surface area (Å²) in [5, 5.41) is 3.43. The van der Waals surface area contributed by atoms with E-state index in [4.69, 9.17) is 4.74 Å². The van der Waals surface area contributed by atoms with Crippen LogP contribution in [-0.4, -0.2) is 13.2 Å². The van der Waals surface area contributed by atoms with Gasteiger partial charge in [0.05, 0.1) is 7.11 Å². The normalized spacial score (nSPS) is 10.9. The molecular weight excluding hydrogens is 346 g/mol. The van der Waals surface area contributed by atoms with Gasteiger partial charge in [-0.15, -0.1) is 0 Å². The summed E-state index contributed by atoms with van der Waals surface area (Å²) in [5.41, 5.74) is 1.28. The Balaban J connectivity index is 2.09. The molecule has 4 heteroatoms. The zero-order chi connectivity index (χ0) is 15.2. The fourth-order valence-corrected chi connectivity index (χ4v) is 3.43. The number of ether oxygens (including phenoxy) is 1. The first-order valence-electron chi connectivity index (χ1n) is 6.92. The average Bonchev–Trinajstić information content (AvgIpc) is 2.46. The van der Waals surface area contributed by atoms with Crippen LogP contribution in [0.3, 0.4) is 0 Å². The van der Waals surface area contributed by atoms with E-state index in [1.54, 1.807) is 18.9 Å². The molecule has 0 aliphatic rings. The molecule has 0 heterocycles. The van der Waals surface area contributed by atoms with Gasteiger partial charge in [-0.25, -0.2) is 0 Å². The molecule has 0 aliphatic carbocycles. The predicted octanol–water partition coefficient (Wildman–Crippen LogP) is 5.11. The van der Waals surface area contributed by atoms with E-state index in [0.29, 0.717) is 6.04 Å². The molecule has 0 amide bonds. The maximum Gasteiger partial charge on any atom is 0.119 e. The zero-order valence-electron chi connectivity index (χ0n) is 12.5. The molecule has 112 valence electrons. The first-order chi connectivity index (χ1) is 10.1. The Hall–Kier alpha value is -0.970. The van der Waals surface area contributed by atoms with Crippen LogP contribution in [0.15, 0.2) is 56.7 Å². The van der Waals surface area contributed by atoms with Crippen molar-refractivity contribution in [3.8, 4) is 5.75 Å². The fraction of sp³-hybridized carbons (Fsp3) is 0.294. The van der Waals surface area contributed by atoms with Crippen LogP contribution < -0.4 is 10.1 Å². The molecule has 0 saturated heterocycles. The molecule has 0 saturated carbocycles. The molecule has 0 unspecified atom stereocenters. The highest BCUT2D eigenvalue weighted by Crippen LogP contribution is 2.32. The minimum atomic E-state index is 0.489. The third-order valence-corrected chi connectivity index (χ3v) is 4.72. The Labute approximate surface area is 139 Å². The van der Waals surface area contributed by atoms with E-state index >= 15 is 0 Å². The third-order valence-electron chi connectivity index (χ3n) is 3.00. The molecule has 1 N–H and O–H groups in total. The molecule has 2 aromatic carbocycles. The van der Waals surface area contributed by atoms with Crippen molar-refractivity contribution < 1.29 is 4.74 Å². The summed E-state index contributed by atoms with van der Waals surface area (Å²) in [6, 6.07) is 15.1. The standard InChI is InChI=1S/C17H20BrNOS/c1-12(2)19-11-13-7-8-16(10-17(13)18)21-15-6-4-5-14(9-15)20-3/h4-10,12,19H,11H2,1-3H3. The van der Waals surface area contributed by atoms with Crippen LogP contribution in [-0.2, 0) is 6.54 Å². The summed E-state index contributed by atoms with van der Waals surface area (Å²) in [7, 11) is 1.69. The van der Waals surface area contributed by atoms with Crippen LogP contribution in [0.25, 0.3) is 0 Å². The molecule has 2 aromatic rings. The maximum absolute atomic E-state index is 5.26. The lowest BCUT2D eigenvalue weighted by Gasteiger charge is -2.11. The van der Waals surface area contributed by atoms with Gasteiger partial charge in [0.25, 0.3) is 0 Å². The zero-order valence-corrected chi connectivity index (χ0v) is 14.9. The second-order valence-corrected chi connectivity index (χ2v) is 7.07. The molecular formula is C17H20BrNOS.